The summed E-state index contributed by atoms with van der Waals surface area (Å²) in [4.78, 5) is 11.1. The number of benzene rings is 3. The Balaban J connectivity index is 1.47. The summed E-state index contributed by atoms with van der Waals surface area (Å²) >= 11 is 0. The largest absolute Gasteiger partial charge is 0.378 e. The van der Waals surface area contributed by atoms with Crippen molar-refractivity contribution in [3.05, 3.63) is 102 Å². The third kappa shape index (κ3) is 4.58. The first-order valence-electron chi connectivity index (χ1n) is 9.62. The molecule has 29 heavy (non-hydrogen) atoms. The zero-order chi connectivity index (χ0) is 20.1. The second-order valence-electron chi connectivity index (χ2n) is 7.09. The lowest BCUT2D eigenvalue weighted by atomic mass is 10.1. The van der Waals surface area contributed by atoms with Crippen LogP contribution in [0, 0.1) is 0 Å². The Morgan fingerprint density at radius 1 is 0.759 bits per heavy atom. The van der Waals surface area contributed by atoms with Gasteiger partial charge in [0.1, 0.15) is 0 Å². The average molecular weight is 377 g/mol. The van der Waals surface area contributed by atoms with E-state index in [1.807, 2.05) is 62.9 Å². The molecule has 0 spiro atoms. The minimum Gasteiger partial charge on any atom is -0.378 e. The number of rotatable bonds is 5. The van der Waals surface area contributed by atoms with Crippen LogP contribution in [0.3, 0.4) is 0 Å². The van der Waals surface area contributed by atoms with Crippen molar-refractivity contribution in [2.45, 2.75) is 0 Å². The summed E-state index contributed by atoms with van der Waals surface area (Å²) < 4.78 is 0. The minimum absolute atomic E-state index is 0.938. The van der Waals surface area contributed by atoms with E-state index in [0.29, 0.717) is 0 Å². The lowest BCUT2D eigenvalue weighted by Crippen LogP contribution is -2.08. The lowest BCUT2D eigenvalue weighted by molar-refractivity contribution is 1.13. The Hall–Kier alpha value is -3.72. The van der Waals surface area contributed by atoms with E-state index in [0.717, 1.165) is 27.7 Å². The maximum Gasteiger partial charge on any atom is 0.0707 e. The number of aliphatic imine (C=N–C) groups is 1. The van der Waals surface area contributed by atoms with Crippen LogP contribution in [-0.4, -0.2) is 25.3 Å². The standard InChI is InChI=1S/C26H23N3/c1-29(2)24-15-10-21(11-16-24)19-28-23-13-8-20(9-14-23)7-12-22-17-18-27-26-6-4-3-5-25(22)26/h3-19H,1-2H3/b12-7-,28-19?. The van der Waals surface area contributed by atoms with Gasteiger partial charge in [-0.15, -0.1) is 0 Å². The van der Waals surface area contributed by atoms with Crippen molar-refractivity contribution in [1.82, 2.24) is 4.98 Å². The Labute approximate surface area is 171 Å². The summed E-state index contributed by atoms with van der Waals surface area (Å²) in [6, 6.07) is 26.8. The van der Waals surface area contributed by atoms with Gasteiger partial charge in [0.25, 0.3) is 0 Å². The molecule has 0 aliphatic rings. The molecule has 0 N–H and O–H groups in total. The monoisotopic (exact) mass is 377 g/mol. The Bertz CT molecular complexity index is 1150. The van der Waals surface area contributed by atoms with E-state index in [-0.39, 0.29) is 0 Å². The number of hydrogen-bond acceptors (Lipinski definition) is 3. The van der Waals surface area contributed by atoms with E-state index in [4.69, 9.17) is 0 Å². The molecule has 0 aliphatic carbocycles. The molecule has 142 valence electrons. The SMILES string of the molecule is CN(C)c1ccc(C=Nc2ccc(/C=C\c3ccnc4ccccc34)cc2)cc1. The summed E-state index contributed by atoms with van der Waals surface area (Å²) in [6.45, 7) is 0. The van der Waals surface area contributed by atoms with Gasteiger partial charge in [-0.25, -0.2) is 0 Å². The van der Waals surface area contributed by atoms with Crippen LogP contribution in [0.4, 0.5) is 11.4 Å². The lowest BCUT2D eigenvalue weighted by Gasteiger charge is -2.11. The molecule has 3 nitrogen and oxygen atoms in total. The van der Waals surface area contributed by atoms with E-state index >= 15 is 0 Å². The highest BCUT2D eigenvalue weighted by Gasteiger charge is 1.98. The summed E-state index contributed by atoms with van der Waals surface area (Å²) in [5.41, 5.74) is 6.52. The van der Waals surface area contributed by atoms with Gasteiger partial charge in [-0.05, 0) is 53.1 Å². The van der Waals surface area contributed by atoms with Crippen LogP contribution in [0.25, 0.3) is 23.1 Å². The van der Waals surface area contributed by atoms with Crippen LogP contribution in [-0.2, 0) is 0 Å². The van der Waals surface area contributed by atoms with Crippen LogP contribution >= 0.6 is 0 Å². The first kappa shape index (κ1) is 18.6. The molecule has 0 aliphatic heterocycles. The van der Waals surface area contributed by atoms with Crippen molar-refractivity contribution in [3.63, 3.8) is 0 Å². The van der Waals surface area contributed by atoms with Gasteiger partial charge in [-0.1, -0.05) is 54.6 Å². The Morgan fingerprint density at radius 2 is 1.48 bits per heavy atom. The molecule has 0 fully saturated rings. The van der Waals surface area contributed by atoms with E-state index < -0.39 is 0 Å². The fourth-order valence-electron chi connectivity index (χ4n) is 3.13. The topological polar surface area (TPSA) is 28.5 Å². The molecule has 3 aromatic carbocycles. The Morgan fingerprint density at radius 3 is 2.24 bits per heavy atom. The quantitative estimate of drug-likeness (QED) is 0.386. The number of anilines is 1. The van der Waals surface area contributed by atoms with E-state index in [2.05, 4.69) is 69.5 Å². The van der Waals surface area contributed by atoms with Gasteiger partial charge in [0.05, 0.1) is 11.2 Å². The van der Waals surface area contributed by atoms with Gasteiger partial charge < -0.3 is 4.90 Å². The third-order valence-electron chi connectivity index (χ3n) is 4.80. The van der Waals surface area contributed by atoms with Crippen molar-refractivity contribution >= 4 is 40.6 Å². The number of pyridine rings is 1. The molecule has 0 saturated carbocycles. The molecule has 0 atom stereocenters. The normalized spacial score (nSPS) is 11.5. The number of nitrogens with zero attached hydrogens (tertiary/aromatic N) is 3. The number of fused-ring (bicyclic) bond motifs is 1. The zero-order valence-corrected chi connectivity index (χ0v) is 16.7. The van der Waals surface area contributed by atoms with Gasteiger partial charge >= 0.3 is 0 Å². The molecule has 0 bridgehead atoms. The molecule has 0 amide bonds. The van der Waals surface area contributed by atoms with Crippen molar-refractivity contribution in [2.75, 3.05) is 19.0 Å². The molecule has 0 saturated heterocycles. The van der Waals surface area contributed by atoms with Crippen molar-refractivity contribution in [1.29, 1.82) is 0 Å². The third-order valence-corrected chi connectivity index (χ3v) is 4.80. The maximum absolute atomic E-state index is 4.58. The van der Waals surface area contributed by atoms with Crippen LogP contribution < -0.4 is 4.90 Å². The molecular formula is C26H23N3. The molecule has 4 rings (SSSR count). The smallest absolute Gasteiger partial charge is 0.0707 e. The molecule has 1 heterocycles. The number of hydrogen-bond donors (Lipinski definition) is 0. The first-order chi connectivity index (χ1) is 14.2. The van der Waals surface area contributed by atoms with Gasteiger partial charge in [0.15, 0.2) is 0 Å². The van der Waals surface area contributed by atoms with Crippen molar-refractivity contribution in [3.8, 4) is 0 Å². The predicted octanol–water partition coefficient (Wildman–Crippen LogP) is 6.22. The van der Waals surface area contributed by atoms with Gasteiger partial charge in [-0.2, -0.15) is 0 Å². The second kappa shape index (κ2) is 8.53. The van der Waals surface area contributed by atoms with Crippen LogP contribution in [0.5, 0.6) is 0 Å². The predicted molar refractivity (Wildman–Crippen MR) is 125 cm³/mol. The van der Waals surface area contributed by atoms with Gasteiger partial charge in [-0.3, -0.25) is 9.98 Å². The summed E-state index contributed by atoms with van der Waals surface area (Å²) in [6.07, 6.45) is 8.00. The zero-order valence-electron chi connectivity index (χ0n) is 16.7. The minimum atomic E-state index is 0.938. The highest BCUT2D eigenvalue weighted by atomic mass is 15.1. The van der Waals surface area contributed by atoms with E-state index in [1.54, 1.807) is 0 Å². The molecule has 3 heteroatoms. The molecule has 0 unspecified atom stereocenters. The highest BCUT2D eigenvalue weighted by molar-refractivity contribution is 5.90. The maximum atomic E-state index is 4.58. The van der Waals surface area contributed by atoms with E-state index in [1.165, 1.54) is 11.3 Å². The van der Waals surface area contributed by atoms with Gasteiger partial charge in [0, 0.05) is 37.6 Å². The second-order valence-corrected chi connectivity index (χ2v) is 7.09. The van der Waals surface area contributed by atoms with Crippen LogP contribution in [0.15, 0.2) is 90.1 Å². The summed E-state index contributed by atoms with van der Waals surface area (Å²) in [5, 5.41) is 1.16. The van der Waals surface area contributed by atoms with Crippen molar-refractivity contribution < 1.29 is 0 Å². The van der Waals surface area contributed by atoms with Crippen LogP contribution in [0.1, 0.15) is 16.7 Å². The molecule has 0 radical (unpaired) electrons. The fraction of sp³-hybridized carbons (Fsp3) is 0.0769. The summed E-state index contributed by atoms with van der Waals surface area (Å²) in [5.74, 6) is 0. The highest BCUT2D eigenvalue weighted by Crippen LogP contribution is 2.20. The molecule has 1 aromatic heterocycles. The van der Waals surface area contributed by atoms with Crippen molar-refractivity contribution in [2.24, 2.45) is 4.99 Å². The summed E-state index contributed by atoms with van der Waals surface area (Å²) in [7, 11) is 4.08. The molecule has 4 aromatic rings. The number of para-hydroxylation sites is 1. The van der Waals surface area contributed by atoms with Crippen LogP contribution in [0.2, 0.25) is 0 Å². The molecular weight excluding hydrogens is 354 g/mol. The van der Waals surface area contributed by atoms with Gasteiger partial charge in [0.2, 0.25) is 0 Å². The fourth-order valence-corrected chi connectivity index (χ4v) is 3.13. The van der Waals surface area contributed by atoms with E-state index in [9.17, 15) is 0 Å². The number of aromatic nitrogens is 1. The first-order valence-corrected chi connectivity index (χ1v) is 9.62. The Kier molecular flexibility index (Phi) is 5.48. The average Bonchev–Trinajstić information content (AvgIpc) is 2.77.